The van der Waals surface area contributed by atoms with E-state index in [0.29, 0.717) is 10.0 Å². The Morgan fingerprint density at radius 2 is 1.95 bits per heavy atom. The molecule has 1 N–H and O–H groups in total. The minimum absolute atomic E-state index is 0.489. The fourth-order valence-electron chi connectivity index (χ4n) is 1.47. The lowest BCUT2D eigenvalue weighted by atomic mass is 10.2. The highest BCUT2D eigenvalue weighted by atomic mass is 35.5. The summed E-state index contributed by atoms with van der Waals surface area (Å²) < 4.78 is 5.13. The molecule has 2 aromatic carbocycles. The normalized spacial score (nSPS) is 10.7. The predicted octanol–water partition coefficient (Wildman–Crippen LogP) is 4.45. The van der Waals surface area contributed by atoms with E-state index in [0.717, 1.165) is 17.0 Å². The van der Waals surface area contributed by atoms with E-state index in [9.17, 15) is 0 Å². The van der Waals surface area contributed by atoms with Gasteiger partial charge in [-0.1, -0.05) is 35.3 Å². The zero-order chi connectivity index (χ0) is 13.7. The van der Waals surface area contributed by atoms with Crippen LogP contribution in [-0.2, 0) is 0 Å². The van der Waals surface area contributed by atoms with Gasteiger partial charge in [0.1, 0.15) is 5.75 Å². The fourth-order valence-corrected chi connectivity index (χ4v) is 1.77. The van der Waals surface area contributed by atoms with Crippen LogP contribution in [-0.4, -0.2) is 13.3 Å². The van der Waals surface area contributed by atoms with Crippen molar-refractivity contribution in [2.45, 2.75) is 0 Å². The second-order valence-corrected chi connectivity index (χ2v) is 4.59. The van der Waals surface area contributed by atoms with E-state index >= 15 is 0 Å². The Bertz CT molecular complexity index is 600. The summed E-state index contributed by atoms with van der Waals surface area (Å²) in [6.45, 7) is 0. The summed E-state index contributed by atoms with van der Waals surface area (Å²) in [7, 11) is 1.63. The number of hydrogen-bond donors (Lipinski definition) is 1. The second-order valence-electron chi connectivity index (χ2n) is 3.78. The molecule has 2 aromatic rings. The Kier molecular flexibility index (Phi) is 4.66. The molecule has 0 saturated heterocycles. The number of nitrogens with one attached hydrogen (secondary N) is 1. The number of anilines is 1. The number of halogens is 2. The lowest BCUT2D eigenvalue weighted by Gasteiger charge is -2.02. The minimum atomic E-state index is 0.489. The van der Waals surface area contributed by atoms with Gasteiger partial charge in [0.05, 0.1) is 29.1 Å². The third-order valence-corrected chi connectivity index (χ3v) is 3.16. The first-order chi connectivity index (χ1) is 9.19. The molecule has 0 bridgehead atoms. The number of nitrogens with zero attached hydrogens (tertiary/aromatic N) is 1. The topological polar surface area (TPSA) is 33.6 Å². The Balaban J connectivity index is 2.04. The van der Waals surface area contributed by atoms with Crippen LogP contribution in [0.2, 0.25) is 10.0 Å². The largest absolute Gasteiger partial charge is 0.497 e. The average molecular weight is 295 g/mol. The zero-order valence-corrected chi connectivity index (χ0v) is 11.7. The summed E-state index contributed by atoms with van der Waals surface area (Å²) in [4.78, 5) is 0. The third kappa shape index (κ3) is 3.88. The summed E-state index contributed by atoms with van der Waals surface area (Å²) >= 11 is 11.7. The molecule has 0 aliphatic rings. The summed E-state index contributed by atoms with van der Waals surface area (Å²) in [5.41, 5.74) is 4.59. The van der Waals surface area contributed by atoms with Gasteiger partial charge in [-0.25, -0.2) is 0 Å². The summed E-state index contributed by atoms with van der Waals surface area (Å²) in [6, 6.07) is 12.8. The van der Waals surface area contributed by atoms with Gasteiger partial charge < -0.3 is 4.74 Å². The highest BCUT2D eigenvalue weighted by Crippen LogP contribution is 2.24. The van der Waals surface area contributed by atoms with Crippen molar-refractivity contribution < 1.29 is 4.74 Å². The number of methoxy groups -OCH3 is 1. The van der Waals surface area contributed by atoms with Crippen LogP contribution in [0.4, 0.5) is 5.69 Å². The monoisotopic (exact) mass is 294 g/mol. The number of hydrazone groups is 1. The molecule has 5 heteroatoms. The van der Waals surface area contributed by atoms with Crippen LogP contribution in [0.15, 0.2) is 47.6 Å². The maximum atomic E-state index is 5.91. The fraction of sp³-hybridized carbons (Fsp3) is 0.0714. The van der Waals surface area contributed by atoms with Crippen molar-refractivity contribution in [2.75, 3.05) is 12.5 Å². The van der Waals surface area contributed by atoms with E-state index in [2.05, 4.69) is 10.5 Å². The molecule has 2 rings (SSSR count). The predicted molar refractivity (Wildman–Crippen MR) is 80.7 cm³/mol. The smallest absolute Gasteiger partial charge is 0.119 e. The van der Waals surface area contributed by atoms with E-state index in [1.165, 1.54) is 0 Å². The van der Waals surface area contributed by atoms with Gasteiger partial charge in [-0.2, -0.15) is 5.10 Å². The van der Waals surface area contributed by atoms with Crippen LogP contribution in [0.25, 0.3) is 0 Å². The molecule has 0 heterocycles. The van der Waals surface area contributed by atoms with E-state index in [1.807, 2.05) is 24.3 Å². The molecule has 0 aliphatic carbocycles. The van der Waals surface area contributed by atoms with Crippen molar-refractivity contribution in [3.8, 4) is 5.75 Å². The molecule has 0 saturated carbocycles. The molecule has 0 spiro atoms. The van der Waals surface area contributed by atoms with Crippen molar-refractivity contribution in [1.82, 2.24) is 0 Å². The first-order valence-corrected chi connectivity index (χ1v) is 6.33. The molecule has 19 heavy (non-hydrogen) atoms. The van der Waals surface area contributed by atoms with Crippen molar-refractivity contribution in [1.29, 1.82) is 0 Å². The van der Waals surface area contributed by atoms with Crippen molar-refractivity contribution in [2.24, 2.45) is 5.10 Å². The number of hydrogen-bond acceptors (Lipinski definition) is 3. The van der Waals surface area contributed by atoms with E-state index in [1.54, 1.807) is 31.5 Å². The van der Waals surface area contributed by atoms with Gasteiger partial charge in [0.2, 0.25) is 0 Å². The maximum Gasteiger partial charge on any atom is 0.119 e. The molecule has 0 aliphatic heterocycles. The Morgan fingerprint density at radius 1 is 1.11 bits per heavy atom. The summed E-state index contributed by atoms with van der Waals surface area (Å²) in [6.07, 6.45) is 1.70. The Morgan fingerprint density at radius 3 is 2.68 bits per heavy atom. The molecule has 0 unspecified atom stereocenters. The van der Waals surface area contributed by atoms with E-state index in [4.69, 9.17) is 27.9 Å². The Labute approximate surface area is 121 Å². The van der Waals surface area contributed by atoms with Crippen molar-refractivity contribution in [3.05, 3.63) is 58.1 Å². The average Bonchev–Trinajstić information content (AvgIpc) is 2.43. The number of benzene rings is 2. The maximum absolute atomic E-state index is 5.91. The molecular weight excluding hydrogens is 283 g/mol. The quantitative estimate of drug-likeness (QED) is 0.668. The van der Waals surface area contributed by atoms with Crippen LogP contribution in [0.3, 0.4) is 0 Å². The van der Waals surface area contributed by atoms with Gasteiger partial charge in [-0.3, -0.25) is 5.43 Å². The SMILES string of the molecule is COc1cccc(/C=N/Nc2ccc(Cl)c(Cl)c2)c1. The van der Waals surface area contributed by atoms with Gasteiger partial charge in [-0.05, 0) is 35.9 Å². The zero-order valence-electron chi connectivity index (χ0n) is 10.2. The van der Waals surface area contributed by atoms with Crippen molar-refractivity contribution >= 4 is 35.1 Å². The molecule has 0 radical (unpaired) electrons. The lowest BCUT2D eigenvalue weighted by Crippen LogP contribution is -1.91. The summed E-state index contributed by atoms with van der Waals surface area (Å²) in [5.74, 6) is 0.790. The highest BCUT2D eigenvalue weighted by Gasteiger charge is 1.98. The molecule has 0 amide bonds. The number of ether oxygens (including phenoxy) is 1. The summed E-state index contributed by atoms with van der Waals surface area (Å²) in [5, 5.41) is 5.13. The highest BCUT2D eigenvalue weighted by molar-refractivity contribution is 6.42. The first kappa shape index (κ1) is 13.7. The van der Waals surface area contributed by atoms with Crippen LogP contribution < -0.4 is 10.2 Å². The molecule has 0 atom stereocenters. The van der Waals surface area contributed by atoms with Crippen molar-refractivity contribution in [3.63, 3.8) is 0 Å². The van der Waals surface area contributed by atoms with Crippen LogP contribution in [0.5, 0.6) is 5.75 Å². The molecule has 98 valence electrons. The molecule has 0 aromatic heterocycles. The van der Waals surface area contributed by atoms with Gasteiger partial charge in [0.25, 0.3) is 0 Å². The molecule has 0 fully saturated rings. The first-order valence-electron chi connectivity index (χ1n) is 5.57. The van der Waals surface area contributed by atoms with Gasteiger partial charge in [-0.15, -0.1) is 0 Å². The standard InChI is InChI=1S/C14H12Cl2N2O/c1-19-12-4-2-3-10(7-12)9-17-18-11-5-6-13(15)14(16)8-11/h2-9,18H,1H3/b17-9+. The van der Waals surface area contributed by atoms with E-state index in [-0.39, 0.29) is 0 Å². The number of rotatable bonds is 4. The van der Waals surface area contributed by atoms with Gasteiger partial charge in [0.15, 0.2) is 0 Å². The second kappa shape index (κ2) is 6.45. The van der Waals surface area contributed by atoms with Crippen LogP contribution in [0, 0.1) is 0 Å². The van der Waals surface area contributed by atoms with E-state index < -0.39 is 0 Å². The van der Waals surface area contributed by atoms with Crippen LogP contribution in [0.1, 0.15) is 5.56 Å². The lowest BCUT2D eigenvalue weighted by molar-refractivity contribution is 0.415. The molecule has 3 nitrogen and oxygen atoms in total. The molecular formula is C14H12Cl2N2O. The van der Waals surface area contributed by atoms with Gasteiger partial charge in [0, 0.05) is 0 Å². The van der Waals surface area contributed by atoms with Gasteiger partial charge >= 0.3 is 0 Å². The van der Waals surface area contributed by atoms with Crippen LogP contribution >= 0.6 is 23.2 Å². The minimum Gasteiger partial charge on any atom is -0.497 e. The third-order valence-electron chi connectivity index (χ3n) is 2.42. The Hall–Kier alpha value is -1.71.